The first-order chi connectivity index (χ1) is 11.4. The number of carbonyl (C=O) groups excluding carboxylic acids is 2. The van der Waals surface area contributed by atoms with Gasteiger partial charge in [0.15, 0.2) is 0 Å². The van der Waals surface area contributed by atoms with Crippen molar-refractivity contribution in [2.24, 2.45) is 5.92 Å². The van der Waals surface area contributed by atoms with Crippen LogP contribution in [0.3, 0.4) is 0 Å². The molecule has 6 heteroatoms. The van der Waals surface area contributed by atoms with Crippen molar-refractivity contribution in [3.63, 3.8) is 0 Å². The summed E-state index contributed by atoms with van der Waals surface area (Å²) in [6, 6.07) is 3.73. The topological polar surface area (TPSA) is 71.2 Å². The molecule has 0 aliphatic heterocycles. The molecular weight excluding hydrogens is 311 g/mol. The molecule has 0 radical (unpaired) electrons. The van der Waals surface area contributed by atoms with Gasteiger partial charge in [-0.25, -0.2) is 9.18 Å². The summed E-state index contributed by atoms with van der Waals surface area (Å²) in [5, 5.41) is 3.54. The summed E-state index contributed by atoms with van der Waals surface area (Å²) in [5.41, 5.74) is 1.40. The van der Waals surface area contributed by atoms with Crippen molar-refractivity contribution in [2.45, 2.75) is 39.7 Å². The van der Waals surface area contributed by atoms with Crippen LogP contribution in [-0.2, 0) is 20.7 Å². The highest BCUT2D eigenvalue weighted by Crippen LogP contribution is 2.19. The van der Waals surface area contributed by atoms with Crippen LogP contribution in [0.5, 0.6) is 0 Å². The van der Waals surface area contributed by atoms with Crippen LogP contribution in [0, 0.1) is 11.7 Å². The van der Waals surface area contributed by atoms with E-state index in [0.717, 1.165) is 10.9 Å². The van der Waals surface area contributed by atoms with Crippen molar-refractivity contribution >= 4 is 22.8 Å². The standard InChI is InChI=1S/C18H23FN2O3/c1-4-24-18(23)16(7-11(2)3)21-17(22)8-12-10-20-15-9-13(19)5-6-14(12)15/h5-6,9-11,16,20H,4,7-8H2,1-3H3,(H,21,22). The van der Waals surface area contributed by atoms with Gasteiger partial charge in [-0.2, -0.15) is 0 Å². The summed E-state index contributed by atoms with van der Waals surface area (Å²) in [7, 11) is 0. The number of carbonyl (C=O) groups is 2. The minimum absolute atomic E-state index is 0.111. The van der Waals surface area contributed by atoms with Gasteiger partial charge in [-0.1, -0.05) is 13.8 Å². The smallest absolute Gasteiger partial charge is 0.328 e. The molecule has 0 aliphatic carbocycles. The van der Waals surface area contributed by atoms with E-state index in [1.54, 1.807) is 19.2 Å². The molecule has 1 aromatic carbocycles. The van der Waals surface area contributed by atoms with Gasteiger partial charge in [0.05, 0.1) is 13.0 Å². The van der Waals surface area contributed by atoms with Gasteiger partial charge in [-0.05, 0) is 43.0 Å². The van der Waals surface area contributed by atoms with Crippen LogP contribution in [-0.4, -0.2) is 29.5 Å². The van der Waals surface area contributed by atoms with Crippen LogP contribution in [0.25, 0.3) is 10.9 Å². The minimum atomic E-state index is -0.653. The van der Waals surface area contributed by atoms with Crippen LogP contribution in [0.15, 0.2) is 24.4 Å². The maximum Gasteiger partial charge on any atom is 0.328 e. The molecule has 1 unspecified atom stereocenters. The molecule has 0 aliphatic rings. The Morgan fingerprint density at radius 2 is 2.08 bits per heavy atom. The summed E-state index contributed by atoms with van der Waals surface area (Å²) >= 11 is 0. The number of fused-ring (bicyclic) bond motifs is 1. The normalized spacial score (nSPS) is 12.4. The quantitative estimate of drug-likeness (QED) is 0.765. The van der Waals surface area contributed by atoms with Crippen molar-refractivity contribution in [3.05, 3.63) is 35.8 Å². The van der Waals surface area contributed by atoms with E-state index in [0.29, 0.717) is 11.9 Å². The third kappa shape index (κ3) is 4.57. The second-order valence-electron chi connectivity index (χ2n) is 6.18. The fraction of sp³-hybridized carbons (Fsp3) is 0.444. The van der Waals surface area contributed by atoms with Gasteiger partial charge in [0.2, 0.25) is 5.91 Å². The second-order valence-corrected chi connectivity index (χ2v) is 6.18. The molecule has 0 saturated carbocycles. The van der Waals surface area contributed by atoms with Gasteiger partial charge in [-0.15, -0.1) is 0 Å². The van der Waals surface area contributed by atoms with Gasteiger partial charge in [0.1, 0.15) is 11.9 Å². The summed E-state index contributed by atoms with van der Waals surface area (Å²) in [6.07, 6.45) is 2.31. The molecule has 130 valence electrons. The number of benzene rings is 1. The lowest BCUT2D eigenvalue weighted by Gasteiger charge is -2.19. The van der Waals surface area contributed by atoms with Crippen LogP contribution in [0.4, 0.5) is 4.39 Å². The Morgan fingerprint density at radius 3 is 2.75 bits per heavy atom. The number of esters is 1. The zero-order valence-corrected chi connectivity index (χ0v) is 14.2. The van der Waals surface area contributed by atoms with E-state index in [1.165, 1.54) is 12.1 Å². The van der Waals surface area contributed by atoms with E-state index in [-0.39, 0.29) is 30.7 Å². The lowest BCUT2D eigenvalue weighted by Crippen LogP contribution is -2.43. The summed E-state index contributed by atoms with van der Waals surface area (Å²) in [5.74, 6) is -0.769. The fourth-order valence-electron chi connectivity index (χ4n) is 2.65. The summed E-state index contributed by atoms with van der Waals surface area (Å²) < 4.78 is 18.2. The highest BCUT2D eigenvalue weighted by atomic mass is 19.1. The second kappa shape index (κ2) is 7.95. The van der Waals surface area contributed by atoms with Gasteiger partial charge in [0, 0.05) is 17.1 Å². The number of amides is 1. The number of hydrogen-bond donors (Lipinski definition) is 2. The largest absolute Gasteiger partial charge is 0.464 e. The molecule has 5 nitrogen and oxygen atoms in total. The molecule has 1 atom stereocenters. The SMILES string of the molecule is CCOC(=O)C(CC(C)C)NC(=O)Cc1c[nH]c2cc(F)ccc12. The van der Waals surface area contributed by atoms with E-state index in [4.69, 9.17) is 4.74 Å². The van der Waals surface area contributed by atoms with Gasteiger partial charge in [0.25, 0.3) is 0 Å². The van der Waals surface area contributed by atoms with E-state index in [2.05, 4.69) is 10.3 Å². The maximum absolute atomic E-state index is 13.2. The number of halogens is 1. The van der Waals surface area contributed by atoms with Gasteiger partial charge in [-0.3, -0.25) is 4.79 Å². The molecule has 24 heavy (non-hydrogen) atoms. The number of H-pyrrole nitrogens is 1. The Hall–Kier alpha value is -2.37. The molecule has 1 aromatic heterocycles. The monoisotopic (exact) mass is 334 g/mol. The third-order valence-electron chi connectivity index (χ3n) is 3.69. The van der Waals surface area contributed by atoms with E-state index in [9.17, 15) is 14.0 Å². The highest BCUT2D eigenvalue weighted by molar-refractivity contribution is 5.90. The predicted molar refractivity (Wildman–Crippen MR) is 90.0 cm³/mol. The van der Waals surface area contributed by atoms with E-state index >= 15 is 0 Å². The highest BCUT2D eigenvalue weighted by Gasteiger charge is 2.23. The fourth-order valence-corrected chi connectivity index (χ4v) is 2.65. The number of aromatic nitrogens is 1. The minimum Gasteiger partial charge on any atom is -0.464 e. The number of hydrogen-bond acceptors (Lipinski definition) is 3. The summed E-state index contributed by atoms with van der Waals surface area (Å²) in [4.78, 5) is 27.2. The van der Waals surface area contributed by atoms with Crippen molar-refractivity contribution in [3.8, 4) is 0 Å². The third-order valence-corrected chi connectivity index (χ3v) is 3.69. The number of ether oxygens (including phenoxy) is 1. The molecule has 1 heterocycles. The predicted octanol–water partition coefficient (Wildman–Crippen LogP) is 2.94. The Kier molecular flexibility index (Phi) is 5.95. The van der Waals surface area contributed by atoms with Gasteiger partial charge >= 0.3 is 5.97 Å². The Morgan fingerprint density at radius 1 is 1.33 bits per heavy atom. The van der Waals surface area contributed by atoms with Crippen molar-refractivity contribution in [1.29, 1.82) is 0 Å². The molecular formula is C18H23FN2O3. The Balaban J connectivity index is 2.07. The molecule has 0 bridgehead atoms. The van der Waals surface area contributed by atoms with Crippen LogP contribution >= 0.6 is 0 Å². The zero-order valence-electron chi connectivity index (χ0n) is 14.2. The molecule has 0 fully saturated rings. The molecule has 2 rings (SSSR count). The van der Waals surface area contributed by atoms with Crippen LogP contribution in [0.2, 0.25) is 0 Å². The number of rotatable bonds is 7. The molecule has 0 saturated heterocycles. The first-order valence-corrected chi connectivity index (χ1v) is 8.12. The van der Waals surface area contributed by atoms with Gasteiger partial charge < -0.3 is 15.0 Å². The molecule has 2 N–H and O–H groups in total. The lowest BCUT2D eigenvalue weighted by atomic mass is 10.0. The van der Waals surface area contributed by atoms with Crippen molar-refractivity contribution in [1.82, 2.24) is 10.3 Å². The summed E-state index contributed by atoms with van der Waals surface area (Å²) in [6.45, 7) is 5.97. The number of aromatic amines is 1. The molecule has 0 spiro atoms. The maximum atomic E-state index is 13.2. The first-order valence-electron chi connectivity index (χ1n) is 8.12. The van der Waals surface area contributed by atoms with Crippen LogP contribution in [0.1, 0.15) is 32.8 Å². The van der Waals surface area contributed by atoms with E-state index < -0.39 is 12.0 Å². The molecule has 2 aromatic rings. The average Bonchev–Trinajstić information content (AvgIpc) is 2.88. The van der Waals surface area contributed by atoms with Crippen molar-refractivity contribution < 1.29 is 18.7 Å². The van der Waals surface area contributed by atoms with Crippen LogP contribution < -0.4 is 5.32 Å². The first kappa shape index (κ1) is 18.0. The van der Waals surface area contributed by atoms with E-state index in [1.807, 2.05) is 13.8 Å². The Bertz CT molecular complexity index is 724. The van der Waals surface area contributed by atoms with Crippen molar-refractivity contribution in [2.75, 3.05) is 6.61 Å². The zero-order chi connectivity index (χ0) is 17.7. The lowest BCUT2D eigenvalue weighted by molar-refractivity contribution is -0.147. The average molecular weight is 334 g/mol. The number of nitrogens with one attached hydrogen (secondary N) is 2. The molecule has 1 amide bonds. The Labute approximate surface area is 140 Å².